The van der Waals surface area contributed by atoms with Gasteiger partial charge in [0.1, 0.15) is 6.10 Å². The molecule has 2 N–H and O–H groups in total. The van der Waals surface area contributed by atoms with Crippen LogP contribution in [0, 0.1) is 11.8 Å². The molecule has 27 heavy (non-hydrogen) atoms. The molecule has 2 saturated carbocycles. The van der Waals surface area contributed by atoms with Crippen LogP contribution in [0.1, 0.15) is 57.9 Å². The molecule has 1 aliphatic heterocycles. The van der Waals surface area contributed by atoms with Crippen molar-refractivity contribution >= 4 is 5.91 Å². The molecule has 5 nitrogen and oxygen atoms in total. The maximum atomic E-state index is 12.5. The molecule has 1 heterocycles. The number of hydrogen-bond acceptors (Lipinski definition) is 4. The van der Waals surface area contributed by atoms with Crippen LogP contribution in [0.25, 0.3) is 0 Å². The zero-order chi connectivity index (χ0) is 19.0. The van der Waals surface area contributed by atoms with Gasteiger partial charge in [-0.3, -0.25) is 4.79 Å². The van der Waals surface area contributed by atoms with Gasteiger partial charge in [-0.05, 0) is 64.4 Å². The molecule has 5 heteroatoms. The minimum Gasteiger partial charge on any atom is -0.489 e. The molecule has 0 radical (unpaired) electrons. The third kappa shape index (κ3) is 4.08. The van der Waals surface area contributed by atoms with E-state index in [9.17, 15) is 9.90 Å². The lowest BCUT2D eigenvalue weighted by atomic mass is 9.76. The van der Waals surface area contributed by atoms with Gasteiger partial charge >= 0.3 is 0 Å². The lowest BCUT2D eigenvalue weighted by Crippen LogP contribution is -2.48. The highest BCUT2D eigenvalue weighted by Gasteiger charge is 2.38. The molecule has 1 aromatic rings. The summed E-state index contributed by atoms with van der Waals surface area (Å²) in [6.45, 7) is 4.50. The van der Waals surface area contributed by atoms with Gasteiger partial charge in [0.05, 0.1) is 12.2 Å². The fourth-order valence-corrected chi connectivity index (χ4v) is 4.60. The van der Waals surface area contributed by atoms with Gasteiger partial charge in [0, 0.05) is 23.9 Å². The third-order valence-electron chi connectivity index (χ3n) is 6.51. The fraction of sp³-hybridized carbons (Fsp3) is 0.682. The molecule has 0 saturated heterocycles. The van der Waals surface area contributed by atoms with E-state index in [4.69, 9.17) is 9.47 Å². The molecule has 4 rings (SSSR count). The average Bonchev–Trinajstić information content (AvgIpc) is 3.06. The van der Waals surface area contributed by atoms with Crippen LogP contribution in [0.5, 0.6) is 11.5 Å². The Labute approximate surface area is 161 Å². The van der Waals surface area contributed by atoms with Gasteiger partial charge in [-0.1, -0.05) is 12.1 Å². The molecular formula is C22H31NO4. The number of carbonyl (C=O) groups is 1. The summed E-state index contributed by atoms with van der Waals surface area (Å²) < 4.78 is 11.8. The van der Waals surface area contributed by atoms with Crippen LogP contribution in [0.3, 0.4) is 0 Å². The van der Waals surface area contributed by atoms with Crippen molar-refractivity contribution in [3.05, 3.63) is 23.8 Å². The number of carbonyl (C=O) groups excluding carboxylic acids is 1. The van der Waals surface area contributed by atoms with E-state index in [0.717, 1.165) is 63.1 Å². The monoisotopic (exact) mass is 373 g/mol. The minimum atomic E-state index is -0.616. The second-order valence-corrected chi connectivity index (χ2v) is 8.96. The van der Waals surface area contributed by atoms with E-state index in [1.807, 2.05) is 26.0 Å². The number of ether oxygens (including phenoxy) is 2. The van der Waals surface area contributed by atoms with E-state index in [1.165, 1.54) is 5.56 Å². The summed E-state index contributed by atoms with van der Waals surface area (Å²) in [4.78, 5) is 12.5. The van der Waals surface area contributed by atoms with Crippen molar-refractivity contribution in [1.29, 1.82) is 0 Å². The van der Waals surface area contributed by atoms with E-state index < -0.39 is 5.60 Å². The predicted molar refractivity (Wildman–Crippen MR) is 103 cm³/mol. The maximum Gasteiger partial charge on any atom is 0.223 e. The first-order valence-corrected chi connectivity index (χ1v) is 10.3. The van der Waals surface area contributed by atoms with Crippen LogP contribution in [0.2, 0.25) is 0 Å². The Kier molecular flexibility index (Phi) is 5.06. The highest BCUT2D eigenvalue weighted by molar-refractivity contribution is 5.80. The molecule has 0 atom stereocenters. The van der Waals surface area contributed by atoms with E-state index in [0.29, 0.717) is 5.92 Å². The van der Waals surface area contributed by atoms with Crippen LogP contribution >= 0.6 is 0 Å². The molecule has 148 valence electrons. The first kappa shape index (κ1) is 18.6. The SMILES string of the molecule is CC(C)(O)C1CCC(NC(=O)C2CC(Oc3cccc4c3OCC4)C2)CC1. The Bertz CT molecular complexity index is 682. The normalized spacial score (nSPS) is 30.0. The second-order valence-electron chi connectivity index (χ2n) is 8.96. The average molecular weight is 373 g/mol. The fourth-order valence-electron chi connectivity index (χ4n) is 4.60. The first-order chi connectivity index (χ1) is 12.9. The largest absolute Gasteiger partial charge is 0.489 e. The third-order valence-corrected chi connectivity index (χ3v) is 6.51. The van der Waals surface area contributed by atoms with Gasteiger partial charge < -0.3 is 19.9 Å². The van der Waals surface area contributed by atoms with Crippen molar-refractivity contribution in [2.75, 3.05) is 6.61 Å². The lowest BCUT2D eigenvalue weighted by molar-refractivity contribution is -0.131. The van der Waals surface area contributed by atoms with Crippen molar-refractivity contribution < 1.29 is 19.4 Å². The molecule has 3 aliphatic rings. The van der Waals surface area contributed by atoms with Crippen LogP contribution in [-0.2, 0) is 11.2 Å². The summed E-state index contributed by atoms with van der Waals surface area (Å²) in [5, 5.41) is 13.4. The van der Waals surface area contributed by atoms with E-state index in [-0.39, 0.29) is 24.0 Å². The minimum absolute atomic E-state index is 0.0553. The molecule has 2 aliphatic carbocycles. The van der Waals surface area contributed by atoms with E-state index in [2.05, 4.69) is 11.4 Å². The summed E-state index contributed by atoms with van der Waals surface area (Å²) in [6.07, 6.45) is 6.46. The van der Waals surface area contributed by atoms with Gasteiger partial charge in [0.15, 0.2) is 11.5 Å². The zero-order valence-electron chi connectivity index (χ0n) is 16.4. The molecule has 1 aromatic carbocycles. The summed E-state index contributed by atoms with van der Waals surface area (Å²) in [5.41, 5.74) is 0.595. The van der Waals surface area contributed by atoms with E-state index >= 15 is 0 Å². The molecular weight excluding hydrogens is 342 g/mol. The molecule has 0 unspecified atom stereocenters. The van der Waals surface area contributed by atoms with Crippen molar-refractivity contribution in [3.8, 4) is 11.5 Å². The van der Waals surface area contributed by atoms with Crippen LogP contribution < -0.4 is 14.8 Å². The number of nitrogens with one attached hydrogen (secondary N) is 1. The highest BCUT2D eigenvalue weighted by Crippen LogP contribution is 2.40. The van der Waals surface area contributed by atoms with Gasteiger partial charge in [-0.25, -0.2) is 0 Å². The van der Waals surface area contributed by atoms with Crippen molar-refractivity contribution in [3.63, 3.8) is 0 Å². The first-order valence-electron chi connectivity index (χ1n) is 10.3. The lowest BCUT2D eigenvalue weighted by Gasteiger charge is -2.38. The molecule has 1 amide bonds. The highest BCUT2D eigenvalue weighted by atomic mass is 16.5. The summed E-state index contributed by atoms with van der Waals surface area (Å²) in [5.74, 6) is 2.26. The molecule has 0 spiro atoms. The number of para-hydroxylation sites is 1. The number of fused-ring (bicyclic) bond motifs is 1. The predicted octanol–water partition coefficient (Wildman–Crippen LogP) is 3.22. The van der Waals surface area contributed by atoms with Crippen molar-refractivity contribution in [2.24, 2.45) is 11.8 Å². The molecule has 0 aromatic heterocycles. The second kappa shape index (κ2) is 7.34. The van der Waals surface area contributed by atoms with Crippen LogP contribution in [0.4, 0.5) is 0 Å². The summed E-state index contributed by atoms with van der Waals surface area (Å²) in [7, 11) is 0. The molecule has 0 bridgehead atoms. The Morgan fingerprint density at radius 1 is 1.22 bits per heavy atom. The van der Waals surface area contributed by atoms with Gasteiger partial charge in [-0.2, -0.15) is 0 Å². The van der Waals surface area contributed by atoms with Crippen molar-refractivity contribution in [1.82, 2.24) is 5.32 Å². The standard InChI is InChI=1S/C22H31NO4/c1-22(2,25)16-6-8-17(9-7-16)23-21(24)15-12-18(13-15)27-19-5-3-4-14-10-11-26-20(14)19/h3-5,15-18,25H,6-13H2,1-2H3,(H,23,24). The Morgan fingerprint density at radius 2 is 1.96 bits per heavy atom. The quantitative estimate of drug-likeness (QED) is 0.832. The number of benzene rings is 1. The Morgan fingerprint density at radius 3 is 2.67 bits per heavy atom. The van der Waals surface area contributed by atoms with Crippen LogP contribution in [-0.4, -0.2) is 35.4 Å². The maximum absolute atomic E-state index is 12.5. The summed E-state index contributed by atoms with van der Waals surface area (Å²) in [6, 6.07) is 6.30. The summed E-state index contributed by atoms with van der Waals surface area (Å²) >= 11 is 0. The number of amides is 1. The van der Waals surface area contributed by atoms with Gasteiger partial charge in [0.2, 0.25) is 5.91 Å². The van der Waals surface area contributed by atoms with E-state index in [1.54, 1.807) is 0 Å². The number of aliphatic hydroxyl groups is 1. The number of rotatable bonds is 5. The van der Waals surface area contributed by atoms with Gasteiger partial charge in [0.25, 0.3) is 0 Å². The molecule has 2 fully saturated rings. The smallest absolute Gasteiger partial charge is 0.223 e. The van der Waals surface area contributed by atoms with Crippen LogP contribution in [0.15, 0.2) is 18.2 Å². The van der Waals surface area contributed by atoms with Crippen molar-refractivity contribution in [2.45, 2.75) is 76.5 Å². The number of hydrogen-bond donors (Lipinski definition) is 2. The zero-order valence-corrected chi connectivity index (χ0v) is 16.4. The topological polar surface area (TPSA) is 67.8 Å². The Hall–Kier alpha value is -1.75. The van der Waals surface area contributed by atoms with Gasteiger partial charge in [-0.15, -0.1) is 0 Å². The Balaban J connectivity index is 1.21.